The summed E-state index contributed by atoms with van der Waals surface area (Å²) in [4.78, 5) is 12.6. The van der Waals surface area contributed by atoms with Crippen LogP contribution in [0.4, 0.5) is 10.1 Å². The van der Waals surface area contributed by atoms with Crippen molar-refractivity contribution in [1.29, 1.82) is 5.26 Å². The summed E-state index contributed by atoms with van der Waals surface area (Å²) >= 11 is 1.30. The smallest absolute Gasteiger partial charge is 0.237 e. The first kappa shape index (κ1) is 19.2. The van der Waals surface area contributed by atoms with E-state index in [2.05, 4.69) is 15.5 Å². The number of hydrogen-bond acceptors (Lipinski definition) is 5. The van der Waals surface area contributed by atoms with Gasteiger partial charge in [-0.15, -0.1) is 10.2 Å². The maximum atomic E-state index is 14.3. The molecule has 3 aromatic rings. The summed E-state index contributed by atoms with van der Waals surface area (Å²) in [7, 11) is 0. The molecule has 1 N–H and O–H groups in total. The molecule has 1 heterocycles. The molecule has 6 nitrogen and oxygen atoms in total. The lowest BCUT2D eigenvalue weighted by Crippen LogP contribution is -2.23. The van der Waals surface area contributed by atoms with Crippen LogP contribution < -0.4 is 5.32 Å². The summed E-state index contributed by atoms with van der Waals surface area (Å²) in [6.07, 6.45) is 1.97. The number of carbonyl (C=O) groups is 1. The van der Waals surface area contributed by atoms with Crippen LogP contribution in [0, 0.1) is 17.1 Å². The Morgan fingerprint density at radius 3 is 2.62 bits per heavy atom. The first-order valence-electron chi connectivity index (χ1n) is 9.24. The predicted molar refractivity (Wildman–Crippen MR) is 109 cm³/mol. The molecule has 146 valence electrons. The van der Waals surface area contributed by atoms with Gasteiger partial charge in [-0.3, -0.25) is 9.36 Å². The summed E-state index contributed by atoms with van der Waals surface area (Å²) in [5.74, 6) is -0.0322. The molecule has 8 heteroatoms. The van der Waals surface area contributed by atoms with E-state index in [9.17, 15) is 9.18 Å². The number of nitriles is 1. The molecule has 1 saturated carbocycles. The second-order valence-electron chi connectivity index (χ2n) is 6.83. The van der Waals surface area contributed by atoms with E-state index in [0.29, 0.717) is 27.8 Å². The molecule has 2 aromatic carbocycles. The van der Waals surface area contributed by atoms with Crippen molar-refractivity contribution < 1.29 is 9.18 Å². The lowest BCUT2D eigenvalue weighted by atomic mass is 10.2. The predicted octanol–water partition coefficient (Wildman–Crippen LogP) is 4.41. The number of aromatic nitrogens is 3. The monoisotopic (exact) mass is 407 g/mol. The third-order valence-electron chi connectivity index (χ3n) is 4.62. The Bertz CT molecular complexity index is 1090. The highest BCUT2D eigenvalue weighted by molar-refractivity contribution is 8.00. The Labute approximate surface area is 171 Å². The second kappa shape index (κ2) is 8.05. The zero-order valence-corrected chi connectivity index (χ0v) is 16.5. The standard InChI is InChI=1S/C21H18FN5OS/c1-13(20(28)24-15-8-6-14(12-23)7-9-15)29-21-26-25-19(27(21)16-10-11-16)17-4-2-3-5-18(17)22/h2-9,13,16H,10-11H2,1H3,(H,24,28)/t13-/m1/s1. The van der Waals surface area contributed by atoms with Crippen molar-refractivity contribution in [3.8, 4) is 17.5 Å². The van der Waals surface area contributed by atoms with E-state index in [1.54, 1.807) is 49.4 Å². The molecule has 0 unspecified atom stereocenters. The van der Waals surface area contributed by atoms with Crippen LogP contribution in [-0.2, 0) is 4.79 Å². The molecule has 0 spiro atoms. The van der Waals surface area contributed by atoms with Crippen LogP contribution in [0.3, 0.4) is 0 Å². The SMILES string of the molecule is C[C@@H](Sc1nnc(-c2ccccc2F)n1C1CC1)C(=O)Nc1ccc(C#N)cc1. The fraction of sp³-hybridized carbons (Fsp3) is 0.238. The molecule has 0 aliphatic heterocycles. The number of amides is 1. The van der Waals surface area contributed by atoms with Crippen molar-refractivity contribution in [2.45, 2.75) is 36.2 Å². The van der Waals surface area contributed by atoms with E-state index in [-0.39, 0.29) is 17.8 Å². The van der Waals surface area contributed by atoms with E-state index in [1.807, 2.05) is 10.6 Å². The molecule has 1 amide bonds. The van der Waals surface area contributed by atoms with Gasteiger partial charge in [0.05, 0.1) is 22.4 Å². The highest BCUT2D eigenvalue weighted by Crippen LogP contribution is 2.42. The van der Waals surface area contributed by atoms with Crippen molar-refractivity contribution in [3.63, 3.8) is 0 Å². The second-order valence-corrected chi connectivity index (χ2v) is 8.13. The van der Waals surface area contributed by atoms with E-state index < -0.39 is 5.25 Å². The number of hydrogen-bond donors (Lipinski definition) is 1. The molecule has 1 fully saturated rings. The largest absolute Gasteiger partial charge is 0.325 e. The van der Waals surface area contributed by atoms with E-state index in [0.717, 1.165) is 12.8 Å². The van der Waals surface area contributed by atoms with Crippen molar-refractivity contribution in [1.82, 2.24) is 14.8 Å². The van der Waals surface area contributed by atoms with Crippen LogP contribution in [0.1, 0.15) is 31.4 Å². The molecule has 1 aromatic heterocycles. The third-order valence-corrected chi connectivity index (χ3v) is 5.68. The molecule has 1 atom stereocenters. The minimum atomic E-state index is -0.430. The number of nitrogens with one attached hydrogen (secondary N) is 1. The van der Waals surface area contributed by atoms with Crippen molar-refractivity contribution >= 4 is 23.4 Å². The molecule has 0 saturated heterocycles. The fourth-order valence-corrected chi connectivity index (χ4v) is 3.85. The van der Waals surface area contributed by atoms with Crippen LogP contribution in [0.2, 0.25) is 0 Å². The first-order valence-corrected chi connectivity index (χ1v) is 10.1. The van der Waals surface area contributed by atoms with Gasteiger partial charge in [0.15, 0.2) is 11.0 Å². The molecular formula is C21H18FN5OS. The number of halogens is 1. The third kappa shape index (κ3) is 4.15. The first-order chi connectivity index (χ1) is 14.1. The van der Waals surface area contributed by atoms with Gasteiger partial charge in [-0.05, 0) is 56.2 Å². The molecule has 0 bridgehead atoms. The van der Waals surface area contributed by atoms with E-state index >= 15 is 0 Å². The Morgan fingerprint density at radius 1 is 1.24 bits per heavy atom. The Kier molecular flexibility index (Phi) is 5.32. The van der Waals surface area contributed by atoms with E-state index in [1.165, 1.54) is 17.8 Å². The van der Waals surface area contributed by atoms with Gasteiger partial charge < -0.3 is 5.32 Å². The maximum absolute atomic E-state index is 14.3. The van der Waals surface area contributed by atoms with Crippen molar-refractivity contribution in [2.24, 2.45) is 0 Å². The molecule has 1 aliphatic rings. The zero-order valence-electron chi connectivity index (χ0n) is 15.7. The van der Waals surface area contributed by atoms with Crippen LogP contribution in [0.5, 0.6) is 0 Å². The average Bonchev–Trinajstić information content (AvgIpc) is 3.49. The van der Waals surface area contributed by atoms with Gasteiger partial charge in [-0.1, -0.05) is 23.9 Å². The van der Waals surface area contributed by atoms with Gasteiger partial charge >= 0.3 is 0 Å². The van der Waals surface area contributed by atoms with Crippen molar-refractivity contribution in [3.05, 3.63) is 59.9 Å². The molecule has 4 rings (SSSR count). The topological polar surface area (TPSA) is 83.6 Å². The van der Waals surface area contributed by atoms with Gasteiger partial charge in [0.25, 0.3) is 0 Å². The molecule has 29 heavy (non-hydrogen) atoms. The number of nitrogens with zero attached hydrogens (tertiary/aromatic N) is 4. The number of anilines is 1. The highest BCUT2D eigenvalue weighted by Gasteiger charge is 2.32. The van der Waals surface area contributed by atoms with Gasteiger partial charge in [0, 0.05) is 11.7 Å². The van der Waals surface area contributed by atoms with Crippen LogP contribution in [0.15, 0.2) is 53.7 Å². The molecule has 1 aliphatic carbocycles. The van der Waals surface area contributed by atoms with Gasteiger partial charge in [-0.25, -0.2) is 4.39 Å². The van der Waals surface area contributed by atoms with Crippen molar-refractivity contribution in [2.75, 3.05) is 5.32 Å². The summed E-state index contributed by atoms with van der Waals surface area (Å²) < 4.78 is 16.2. The Hall–Kier alpha value is -3.18. The minimum absolute atomic E-state index is 0.183. The van der Waals surface area contributed by atoms with E-state index in [4.69, 9.17) is 5.26 Å². The minimum Gasteiger partial charge on any atom is -0.325 e. The number of benzene rings is 2. The van der Waals surface area contributed by atoms with Crippen LogP contribution in [0.25, 0.3) is 11.4 Å². The van der Waals surface area contributed by atoms with Crippen LogP contribution >= 0.6 is 11.8 Å². The van der Waals surface area contributed by atoms with Crippen LogP contribution in [-0.4, -0.2) is 25.9 Å². The number of carbonyl (C=O) groups excluding carboxylic acids is 1. The summed E-state index contributed by atoms with van der Waals surface area (Å²) in [5.41, 5.74) is 1.56. The number of rotatable bonds is 6. The lowest BCUT2D eigenvalue weighted by Gasteiger charge is -2.13. The van der Waals surface area contributed by atoms with Gasteiger partial charge in [0.1, 0.15) is 5.82 Å². The zero-order chi connectivity index (χ0) is 20.4. The summed E-state index contributed by atoms with van der Waals surface area (Å²) in [6.45, 7) is 1.79. The maximum Gasteiger partial charge on any atom is 0.237 e. The summed E-state index contributed by atoms with van der Waals surface area (Å²) in [5, 5.41) is 20.3. The average molecular weight is 407 g/mol. The number of thioether (sulfide) groups is 1. The summed E-state index contributed by atoms with van der Waals surface area (Å²) in [6, 6.07) is 15.5. The van der Waals surface area contributed by atoms with Gasteiger partial charge in [0.2, 0.25) is 5.91 Å². The Morgan fingerprint density at radius 2 is 1.97 bits per heavy atom. The lowest BCUT2D eigenvalue weighted by molar-refractivity contribution is -0.115. The Balaban J connectivity index is 1.52. The molecule has 0 radical (unpaired) electrons. The highest BCUT2D eigenvalue weighted by atomic mass is 32.2. The van der Waals surface area contributed by atoms with Gasteiger partial charge in [-0.2, -0.15) is 5.26 Å². The normalized spacial score (nSPS) is 14.2. The molecular weight excluding hydrogens is 389 g/mol. The fourth-order valence-electron chi connectivity index (χ4n) is 2.93. The quantitative estimate of drug-likeness (QED) is 0.612.